The molecule has 3 N–H and O–H groups in total. The van der Waals surface area contributed by atoms with Crippen LogP contribution in [-0.2, 0) is 19.6 Å². The number of nitrogens with zero attached hydrogens (tertiary/aromatic N) is 5. The fourth-order valence-electron chi connectivity index (χ4n) is 3.35. The van der Waals surface area contributed by atoms with Crippen molar-refractivity contribution in [3.8, 4) is 17.1 Å². The number of halogens is 1. The van der Waals surface area contributed by atoms with Gasteiger partial charge in [-0.15, -0.1) is 24.0 Å². The molecule has 2 aromatic carbocycles. The molecular weight excluding hydrogens is 543 g/mol. The van der Waals surface area contributed by atoms with E-state index in [0.717, 1.165) is 35.8 Å². The quantitative estimate of drug-likeness (QED) is 0.161. The maximum atomic E-state index is 5.20. The van der Waals surface area contributed by atoms with Crippen LogP contribution in [0.2, 0.25) is 0 Å². The van der Waals surface area contributed by atoms with Crippen LogP contribution in [0.25, 0.3) is 11.4 Å². The molecule has 0 saturated heterocycles. The number of aliphatic imine (C=N–C) groups is 1. The largest absolute Gasteiger partial charge is 0.497 e. The molecule has 0 aliphatic rings. The zero-order valence-corrected chi connectivity index (χ0v) is 21.6. The SMILES string of the molecule is CCNC(=NCc1ccccc1Cn1cccn1)NCc1nc(-c2ccc(OC)cc2)n[nH]1.I. The molecule has 4 aromatic rings. The molecule has 34 heavy (non-hydrogen) atoms. The van der Waals surface area contributed by atoms with Crippen LogP contribution < -0.4 is 15.4 Å². The van der Waals surface area contributed by atoms with Gasteiger partial charge in [-0.25, -0.2) is 9.98 Å². The third-order valence-corrected chi connectivity index (χ3v) is 5.06. The van der Waals surface area contributed by atoms with Gasteiger partial charge in [0.1, 0.15) is 11.6 Å². The minimum atomic E-state index is 0. The van der Waals surface area contributed by atoms with E-state index in [0.29, 0.717) is 24.9 Å². The Morgan fingerprint density at radius 2 is 1.85 bits per heavy atom. The summed E-state index contributed by atoms with van der Waals surface area (Å²) in [4.78, 5) is 9.34. The number of hydrogen-bond donors (Lipinski definition) is 3. The number of methoxy groups -OCH3 is 1. The Bertz CT molecular complexity index is 1170. The van der Waals surface area contributed by atoms with Crippen LogP contribution in [0.3, 0.4) is 0 Å². The first-order chi connectivity index (χ1) is 16.2. The van der Waals surface area contributed by atoms with Crippen molar-refractivity contribution >= 4 is 29.9 Å². The molecule has 0 unspecified atom stereocenters. The van der Waals surface area contributed by atoms with Gasteiger partial charge in [-0.3, -0.25) is 9.78 Å². The highest BCUT2D eigenvalue weighted by atomic mass is 127. The predicted molar refractivity (Wildman–Crippen MR) is 143 cm³/mol. The zero-order valence-electron chi connectivity index (χ0n) is 19.2. The first-order valence-electron chi connectivity index (χ1n) is 10.9. The van der Waals surface area contributed by atoms with Gasteiger partial charge in [-0.05, 0) is 48.4 Å². The lowest BCUT2D eigenvalue weighted by molar-refractivity contribution is 0.415. The maximum Gasteiger partial charge on any atom is 0.191 e. The average Bonchev–Trinajstić information content (AvgIpc) is 3.54. The van der Waals surface area contributed by atoms with Crippen LogP contribution in [0.1, 0.15) is 23.9 Å². The van der Waals surface area contributed by atoms with Crippen LogP contribution in [0.15, 0.2) is 72.0 Å². The van der Waals surface area contributed by atoms with Crippen molar-refractivity contribution in [2.24, 2.45) is 4.99 Å². The second-order valence-electron chi connectivity index (χ2n) is 7.36. The molecule has 0 bridgehead atoms. The summed E-state index contributed by atoms with van der Waals surface area (Å²) in [5.74, 6) is 2.89. The van der Waals surface area contributed by atoms with Crippen molar-refractivity contribution in [2.75, 3.05) is 13.7 Å². The molecule has 4 rings (SSSR count). The summed E-state index contributed by atoms with van der Waals surface area (Å²) in [5, 5.41) is 18.2. The summed E-state index contributed by atoms with van der Waals surface area (Å²) >= 11 is 0. The Morgan fingerprint density at radius 3 is 2.56 bits per heavy atom. The summed E-state index contributed by atoms with van der Waals surface area (Å²) in [7, 11) is 1.65. The molecular formula is C24H29IN8O. The Hall–Kier alpha value is -3.41. The summed E-state index contributed by atoms with van der Waals surface area (Å²) in [6, 6.07) is 17.9. The molecule has 10 heteroatoms. The number of aromatic nitrogens is 5. The van der Waals surface area contributed by atoms with Gasteiger partial charge in [0.25, 0.3) is 0 Å². The summed E-state index contributed by atoms with van der Waals surface area (Å²) in [5.41, 5.74) is 3.28. The topological polar surface area (TPSA) is 105 Å². The smallest absolute Gasteiger partial charge is 0.191 e. The Kier molecular flexibility index (Phi) is 9.44. The number of guanidine groups is 1. The molecule has 0 spiro atoms. The first-order valence-corrected chi connectivity index (χ1v) is 10.9. The minimum Gasteiger partial charge on any atom is -0.497 e. The number of H-pyrrole nitrogens is 1. The number of hydrogen-bond acceptors (Lipinski definition) is 5. The molecule has 0 amide bonds. The number of ether oxygens (including phenoxy) is 1. The number of aromatic amines is 1. The Balaban J connectivity index is 0.00000324. The minimum absolute atomic E-state index is 0. The van der Waals surface area contributed by atoms with Gasteiger partial charge < -0.3 is 15.4 Å². The molecule has 0 aliphatic heterocycles. The predicted octanol–water partition coefficient (Wildman–Crippen LogP) is 3.60. The van der Waals surface area contributed by atoms with E-state index in [1.165, 1.54) is 5.56 Å². The second kappa shape index (κ2) is 12.7. The van der Waals surface area contributed by atoms with E-state index in [4.69, 9.17) is 9.73 Å². The highest BCUT2D eigenvalue weighted by Gasteiger charge is 2.08. The van der Waals surface area contributed by atoms with Crippen molar-refractivity contribution in [3.63, 3.8) is 0 Å². The lowest BCUT2D eigenvalue weighted by Gasteiger charge is -2.12. The van der Waals surface area contributed by atoms with Crippen LogP contribution >= 0.6 is 24.0 Å². The van der Waals surface area contributed by atoms with E-state index in [2.05, 4.69) is 43.0 Å². The lowest BCUT2D eigenvalue weighted by Crippen LogP contribution is -2.37. The second-order valence-corrected chi connectivity index (χ2v) is 7.36. The van der Waals surface area contributed by atoms with Crippen LogP contribution in [-0.4, -0.2) is 44.6 Å². The van der Waals surface area contributed by atoms with E-state index in [9.17, 15) is 0 Å². The van der Waals surface area contributed by atoms with Crippen molar-refractivity contribution in [3.05, 3.63) is 83.9 Å². The van der Waals surface area contributed by atoms with Crippen LogP contribution in [0.4, 0.5) is 0 Å². The summed E-state index contributed by atoms with van der Waals surface area (Å²) in [6.45, 7) is 4.55. The molecule has 9 nitrogen and oxygen atoms in total. The highest BCUT2D eigenvalue weighted by molar-refractivity contribution is 14.0. The van der Waals surface area contributed by atoms with Gasteiger partial charge in [0.15, 0.2) is 11.8 Å². The maximum absolute atomic E-state index is 5.20. The van der Waals surface area contributed by atoms with Crippen LogP contribution in [0, 0.1) is 0 Å². The van der Waals surface area contributed by atoms with E-state index in [1.54, 1.807) is 13.3 Å². The monoisotopic (exact) mass is 572 g/mol. The number of nitrogens with one attached hydrogen (secondary N) is 3. The molecule has 178 valence electrons. The number of rotatable bonds is 9. The summed E-state index contributed by atoms with van der Waals surface area (Å²) in [6.07, 6.45) is 3.75. The molecule has 0 saturated carbocycles. The highest BCUT2D eigenvalue weighted by Crippen LogP contribution is 2.19. The van der Waals surface area contributed by atoms with Crippen molar-refractivity contribution in [2.45, 2.75) is 26.6 Å². The fourth-order valence-corrected chi connectivity index (χ4v) is 3.35. The van der Waals surface area contributed by atoms with Gasteiger partial charge in [0.2, 0.25) is 0 Å². The average molecular weight is 572 g/mol. The third-order valence-electron chi connectivity index (χ3n) is 5.06. The normalized spacial score (nSPS) is 11.1. The summed E-state index contributed by atoms with van der Waals surface area (Å²) < 4.78 is 7.12. The first kappa shape index (κ1) is 25.2. The molecule has 0 atom stereocenters. The number of benzene rings is 2. The van der Waals surface area contributed by atoms with Gasteiger partial charge in [0, 0.05) is 24.5 Å². The lowest BCUT2D eigenvalue weighted by atomic mass is 10.1. The van der Waals surface area contributed by atoms with Gasteiger partial charge in [-0.1, -0.05) is 24.3 Å². The molecule has 2 aromatic heterocycles. The fraction of sp³-hybridized carbons (Fsp3) is 0.250. The standard InChI is InChI=1S/C24H28N8O.HI/c1-3-25-24(26-15-19-7-4-5-8-20(19)17-32-14-6-13-28-32)27-16-22-29-23(31-30-22)18-9-11-21(33-2)12-10-18;/h4-14H,3,15-17H2,1-2H3,(H2,25,26,27)(H,29,30,31);1H. The molecule has 0 aliphatic carbocycles. The van der Waals surface area contributed by atoms with E-state index < -0.39 is 0 Å². The third kappa shape index (κ3) is 6.80. The van der Waals surface area contributed by atoms with Crippen molar-refractivity contribution in [1.82, 2.24) is 35.6 Å². The van der Waals surface area contributed by atoms with Crippen molar-refractivity contribution in [1.29, 1.82) is 0 Å². The van der Waals surface area contributed by atoms with Gasteiger partial charge in [-0.2, -0.15) is 10.2 Å². The molecule has 0 fully saturated rings. The van der Waals surface area contributed by atoms with Gasteiger partial charge >= 0.3 is 0 Å². The van der Waals surface area contributed by atoms with Crippen LogP contribution in [0.5, 0.6) is 5.75 Å². The Morgan fingerprint density at radius 1 is 1.06 bits per heavy atom. The van der Waals surface area contributed by atoms with E-state index in [1.807, 2.05) is 60.3 Å². The van der Waals surface area contributed by atoms with Gasteiger partial charge in [0.05, 0.1) is 26.7 Å². The Labute approximate surface area is 216 Å². The molecule has 0 radical (unpaired) electrons. The molecule has 2 heterocycles. The van der Waals surface area contributed by atoms with E-state index >= 15 is 0 Å². The van der Waals surface area contributed by atoms with E-state index in [-0.39, 0.29) is 24.0 Å². The van der Waals surface area contributed by atoms with Crippen molar-refractivity contribution < 1.29 is 4.74 Å². The zero-order chi connectivity index (χ0) is 22.9.